The van der Waals surface area contributed by atoms with Gasteiger partial charge in [-0.2, -0.15) is 0 Å². The monoisotopic (exact) mass is 468 g/mol. The van der Waals surface area contributed by atoms with Crippen LogP contribution in [0.4, 0.5) is 0 Å². The zero-order valence-corrected chi connectivity index (χ0v) is 18.4. The lowest BCUT2D eigenvalue weighted by atomic mass is 10.1. The standard InChI is InChI=1S/C21H25ClN2O8/c1-3-30-20(28)18(21(29)31-4-2)32-9-11-8-14(17(26)16(11)25)24-10-23-13-7-5-6-12(22)15(13)19(24)27/h5-7,10-11,14,16-18,25-26H,3-4,8-9H2,1-2H3. The minimum atomic E-state index is -1.61. The van der Waals surface area contributed by atoms with Gasteiger partial charge in [0.15, 0.2) is 0 Å². The Morgan fingerprint density at radius 2 is 1.84 bits per heavy atom. The SMILES string of the molecule is CCOC(=O)C(OCC1CC(n2cnc3cccc(Cl)c3c2=O)C(O)C1O)C(=O)OCC. The Morgan fingerprint density at radius 1 is 1.19 bits per heavy atom. The average Bonchev–Trinajstić information content (AvgIpc) is 3.03. The molecule has 2 N–H and O–H groups in total. The second-order valence-electron chi connectivity index (χ2n) is 7.35. The zero-order chi connectivity index (χ0) is 23.4. The van der Waals surface area contributed by atoms with Crippen LogP contribution >= 0.6 is 11.6 Å². The van der Waals surface area contributed by atoms with Crippen LogP contribution in [-0.2, 0) is 23.8 Å². The van der Waals surface area contributed by atoms with Crippen LogP contribution in [0.2, 0.25) is 5.02 Å². The molecule has 10 nitrogen and oxygen atoms in total. The Hall–Kier alpha value is -2.53. The Morgan fingerprint density at radius 3 is 2.47 bits per heavy atom. The zero-order valence-electron chi connectivity index (χ0n) is 17.6. The van der Waals surface area contributed by atoms with Gasteiger partial charge in [0.1, 0.15) is 6.10 Å². The van der Waals surface area contributed by atoms with Crippen molar-refractivity contribution in [3.05, 3.63) is 39.9 Å². The molecule has 32 heavy (non-hydrogen) atoms. The molecule has 0 amide bonds. The van der Waals surface area contributed by atoms with Crippen LogP contribution in [0.3, 0.4) is 0 Å². The summed E-state index contributed by atoms with van der Waals surface area (Å²) in [5.74, 6) is -2.48. The number of benzene rings is 1. The number of aliphatic hydroxyl groups excluding tert-OH is 2. The van der Waals surface area contributed by atoms with Gasteiger partial charge in [-0.3, -0.25) is 9.36 Å². The molecule has 0 radical (unpaired) electrons. The van der Waals surface area contributed by atoms with Gasteiger partial charge in [0, 0.05) is 5.92 Å². The van der Waals surface area contributed by atoms with Crippen molar-refractivity contribution in [2.75, 3.05) is 19.8 Å². The van der Waals surface area contributed by atoms with Crippen LogP contribution in [0.15, 0.2) is 29.3 Å². The highest BCUT2D eigenvalue weighted by Crippen LogP contribution is 2.35. The Labute approximate surface area is 188 Å². The molecule has 2 aromatic rings. The molecule has 4 atom stereocenters. The van der Waals surface area contributed by atoms with Crippen molar-refractivity contribution in [2.24, 2.45) is 5.92 Å². The number of hydrogen-bond donors (Lipinski definition) is 2. The number of carbonyl (C=O) groups excluding carboxylic acids is 2. The molecule has 174 valence electrons. The van der Waals surface area contributed by atoms with Gasteiger partial charge in [0.05, 0.1) is 54.2 Å². The number of esters is 2. The number of ether oxygens (including phenoxy) is 3. The summed E-state index contributed by atoms with van der Waals surface area (Å²) in [5, 5.41) is 21.6. The van der Waals surface area contributed by atoms with Crippen LogP contribution < -0.4 is 5.56 Å². The minimum absolute atomic E-state index is 0.0470. The minimum Gasteiger partial charge on any atom is -0.464 e. The van der Waals surface area contributed by atoms with E-state index in [2.05, 4.69) is 4.98 Å². The number of carbonyl (C=O) groups is 2. The Balaban J connectivity index is 1.79. The van der Waals surface area contributed by atoms with E-state index < -0.39 is 47.8 Å². The summed E-state index contributed by atoms with van der Waals surface area (Å²) >= 11 is 6.16. The van der Waals surface area contributed by atoms with Crippen molar-refractivity contribution >= 4 is 34.4 Å². The molecule has 1 aromatic carbocycles. The summed E-state index contributed by atoms with van der Waals surface area (Å²) in [6.45, 7) is 3.02. The highest BCUT2D eigenvalue weighted by Gasteiger charge is 2.44. The van der Waals surface area contributed by atoms with E-state index >= 15 is 0 Å². The molecule has 11 heteroatoms. The van der Waals surface area contributed by atoms with Gasteiger partial charge in [0.2, 0.25) is 0 Å². The normalized spacial score (nSPS) is 22.9. The van der Waals surface area contributed by atoms with E-state index in [0.717, 1.165) is 0 Å². The van der Waals surface area contributed by atoms with Gasteiger partial charge >= 0.3 is 11.9 Å². The highest BCUT2D eigenvalue weighted by molar-refractivity contribution is 6.35. The van der Waals surface area contributed by atoms with E-state index in [1.807, 2.05) is 0 Å². The van der Waals surface area contributed by atoms with E-state index in [0.29, 0.717) is 5.52 Å². The third-order valence-electron chi connectivity index (χ3n) is 5.37. The first-order valence-corrected chi connectivity index (χ1v) is 10.6. The molecule has 1 aliphatic carbocycles. The van der Waals surface area contributed by atoms with Gasteiger partial charge in [-0.15, -0.1) is 0 Å². The second-order valence-corrected chi connectivity index (χ2v) is 7.76. The first-order valence-electron chi connectivity index (χ1n) is 10.3. The summed E-state index contributed by atoms with van der Waals surface area (Å²) in [4.78, 5) is 41.3. The van der Waals surface area contributed by atoms with E-state index in [1.165, 1.54) is 10.9 Å². The maximum Gasteiger partial charge on any atom is 0.347 e. The number of aromatic nitrogens is 2. The number of rotatable bonds is 8. The second kappa shape index (κ2) is 10.4. The molecule has 1 saturated carbocycles. The maximum absolute atomic E-state index is 13.0. The lowest BCUT2D eigenvalue weighted by Crippen LogP contribution is -2.39. The molecule has 3 rings (SSSR count). The third-order valence-corrected chi connectivity index (χ3v) is 5.68. The molecular formula is C21H25ClN2O8. The number of nitrogens with zero attached hydrogens (tertiary/aromatic N) is 2. The predicted octanol–water partition coefficient (Wildman–Crippen LogP) is 0.844. The lowest BCUT2D eigenvalue weighted by Gasteiger charge is -2.20. The number of halogens is 1. The van der Waals surface area contributed by atoms with Crippen molar-refractivity contribution in [2.45, 2.75) is 44.6 Å². The fraction of sp³-hybridized carbons (Fsp3) is 0.524. The summed E-state index contributed by atoms with van der Waals surface area (Å²) in [6.07, 6.45) is -2.74. The van der Waals surface area contributed by atoms with Crippen LogP contribution in [0.25, 0.3) is 10.9 Å². The van der Waals surface area contributed by atoms with Crippen molar-refractivity contribution in [3.63, 3.8) is 0 Å². The van der Waals surface area contributed by atoms with Gasteiger partial charge < -0.3 is 24.4 Å². The van der Waals surface area contributed by atoms with E-state index in [1.54, 1.807) is 32.0 Å². The van der Waals surface area contributed by atoms with Crippen LogP contribution in [0, 0.1) is 5.92 Å². The fourth-order valence-electron chi connectivity index (χ4n) is 3.80. The fourth-order valence-corrected chi connectivity index (χ4v) is 4.05. The largest absolute Gasteiger partial charge is 0.464 e. The van der Waals surface area contributed by atoms with Gasteiger partial charge in [-0.05, 0) is 32.4 Å². The molecule has 0 saturated heterocycles. The molecule has 4 unspecified atom stereocenters. The molecule has 1 heterocycles. The molecule has 1 fully saturated rings. The molecule has 1 aromatic heterocycles. The predicted molar refractivity (Wildman–Crippen MR) is 113 cm³/mol. The average molecular weight is 469 g/mol. The van der Waals surface area contributed by atoms with Crippen molar-refractivity contribution in [1.82, 2.24) is 9.55 Å². The first-order chi connectivity index (χ1) is 15.3. The number of fused-ring (bicyclic) bond motifs is 1. The molecular weight excluding hydrogens is 444 g/mol. The first kappa shape index (κ1) is 24.1. The number of aliphatic hydroxyl groups is 2. The smallest absolute Gasteiger partial charge is 0.347 e. The van der Waals surface area contributed by atoms with E-state index in [-0.39, 0.29) is 36.7 Å². The highest BCUT2D eigenvalue weighted by atomic mass is 35.5. The topological polar surface area (TPSA) is 137 Å². The van der Waals surface area contributed by atoms with Crippen molar-refractivity contribution in [1.29, 1.82) is 0 Å². The molecule has 1 aliphatic rings. The molecule has 0 bridgehead atoms. The third kappa shape index (κ3) is 4.78. The van der Waals surface area contributed by atoms with Crippen molar-refractivity contribution in [3.8, 4) is 0 Å². The Bertz CT molecular complexity index is 1020. The van der Waals surface area contributed by atoms with E-state index in [4.69, 9.17) is 25.8 Å². The molecule has 0 spiro atoms. The van der Waals surface area contributed by atoms with Crippen LogP contribution in [0.1, 0.15) is 26.3 Å². The van der Waals surface area contributed by atoms with E-state index in [9.17, 15) is 24.6 Å². The van der Waals surface area contributed by atoms with Crippen LogP contribution in [-0.4, -0.2) is 69.8 Å². The summed E-state index contributed by atoms with van der Waals surface area (Å²) in [5.41, 5.74) is -0.0345. The maximum atomic E-state index is 13.0. The quantitative estimate of drug-likeness (QED) is 0.426. The van der Waals surface area contributed by atoms with Crippen LogP contribution in [0.5, 0.6) is 0 Å². The lowest BCUT2D eigenvalue weighted by molar-refractivity contribution is -0.174. The van der Waals surface area contributed by atoms with Gasteiger partial charge in [-0.1, -0.05) is 17.7 Å². The summed E-state index contributed by atoms with van der Waals surface area (Å²) < 4.78 is 16.4. The number of hydrogen-bond acceptors (Lipinski definition) is 9. The van der Waals surface area contributed by atoms with Gasteiger partial charge in [-0.25, -0.2) is 14.6 Å². The summed E-state index contributed by atoms with van der Waals surface area (Å²) in [7, 11) is 0. The molecule has 0 aliphatic heterocycles. The Kier molecular flexibility index (Phi) is 7.83. The van der Waals surface area contributed by atoms with Gasteiger partial charge in [0.25, 0.3) is 11.7 Å². The summed E-state index contributed by atoms with van der Waals surface area (Å²) in [6, 6.07) is 4.09. The van der Waals surface area contributed by atoms with Crippen molar-refractivity contribution < 1.29 is 34.0 Å².